The number of amides is 1. The molecule has 6 heteroatoms. The van der Waals surface area contributed by atoms with E-state index in [9.17, 15) is 4.79 Å². The van der Waals surface area contributed by atoms with Gasteiger partial charge in [0, 0.05) is 17.1 Å². The third-order valence-electron chi connectivity index (χ3n) is 3.72. The number of nitrogens with zero attached hydrogens (tertiary/aromatic N) is 2. The first-order valence-electron chi connectivity index (χ1n) is 6.97. The lowest BCUT2D eigenvalue weighted by Crippen LogP contribution is -2.36. The normalized spacial score (nSPS) is 17.9. The van der Waals surface area contributed by atoms with Gasteiger partial charge in [-0.05, 0) is 44.2 Å². The van der Waals surface area contributed by atoms with E-state index in [4.69, 9.17) is 0 Å². The first-order valence-corrected chi connectivity index (χ1v) is 7.76. The fourth-order valence-electron chi connectivity index (χ4n) is 2.52. The zero-order chi connectivity index (χ0) is 14.8. The first kappa shape index (κ1) is 14.3. The van der Waals surface area contributed by atoms with Gasteiger partial charge in [-0.1, -0.05) is 15.9 Å². The van der Waals surface area contributed by atoms with E-state index in [1.807, 2.05) is 31.2 Å². The monoisotopic (exact) mass is 348 g/mol. The van der Waals surface area contributed by atoms with Gasteiger partial charge in [0.25, 0.3) is 5.91 Å². The summed E-state index contributed by atoms with van der Waals surface area (Å²) in [6.45, 7) is 3.71. The average molecular weight is 349 g/mol. The van der Waals surface area contributed by atoms with Gasteiger partial charge in [-0.2, -0.15) is 5.10 Å². The van der Waals surface area contributed by atoms with Crippen molar-refractivity contribution in [2.75, 3.05) is 13.1 Å². The Labute approximate surface area is 131 Å². The third kappa shape index (κ3) is 3.01. The van der Waals surface area contributed by atoms with Crippen LogP contribution in [0.25, 0.3) is 5.69 Å². The number of carbonyl (C=O) groups is 1. The molecule has 1 atom stereocenters. The lowest BCUT2D eigenvalue weighted by molar-refractivity contribution is 0.0939. The topological polar surface area (TPSA) is 59.0 Å². The first-order chi connectivity index (χ1) is 10.1. The Morgan fingerprint density at radius 2 is 2.19 bits per heavy atom. The number of hydrogen-bond acceptors (Lipinski definition) is 3. The molecule has 21 heavy (non-hydrogen) atoms. The highest BCUT2D eigenvalue weighted by Crippen LogP contribution is 2.17. The predicted molar refractivity (Wildman–Crippen MR) is 84.7 cm³/mol. The highest BCUT2D eigenvalue weighted by molar-refractivity contribution is 9.10. The van der Waals surface area contributed by atoms with Crippen molar-refractivity contribution in [2.45, 2.75) is 19.4 Å². The lowest BCUT2D eigenvalue weighted by atomic mass is 10.2. The van der Waals surface area contributed by atoms with Gasteiger partial charge in [-0.3, -0.25) is 4.79 Å². The van der Waals surface area contributed by atoms with Gasteiger partial charge < -0.3 is 10.6 Å². The summed E-state index contributed by atoms with van der Waals surface area (Å²) in [6.07, 6.45) is 2.61. The number of nitrogens with one attached hydrogen (secondary N) is 2. The molecule has 1 unspecified atom stereocenters. The van der Waals surface area contributed by atoms with Crippen molar-refractivity contribution in [3.05, 3.63) is 46.2 Å². The molecule has 0 aliphatic carbocycles. The molecule has 2 aromatic rings. The highest BCUT2D eigenvalue weighted by Gasteiger charge is 2.20. The van der Waals surface area contributed by atoms with Crippen LogP contribution in [-0.4, -0.2) is 34.8 Å². The number of rotatable bonds is 3. The maximum atomic E-state index is 12.3. The van der Waals surface area contributed by atoms with Crippen LogP contribution in [0.1, 0.15) is 22.5 Å². The number of halogens is 1. The molecule has 0 saturated carbocycles. The van der Waals surface area contributed by atoms with Crippen molar-refractivity contribution in [3.63, 3.8) is 0 Å². The highest BCUT2D eigenvalue weighted by atomic mass is 79.9. The number of hydrogen-bond donors (Lipinski definition) is 2. The molecule has 1 saturated heterocycles. The molecule has 1 aromatic carbocycles. The van der Waals surface area contributed by atoms with Crippen molar-refractivity contribution >= 4 is 21.8 Å². The van der Waals surface area contributed by atoms with Crippen molar-refractivity contribution < 1.29 is 4.79 Å². The summed E-state index contributed by atoms with van der Waals surface area (Å²) in [5, 5.41) is 10.6. The van der Waals surface area contributed by atoms with Crippen LogP contribution in [0.15, 0.2) is 34.9 Å². The fourth-order valence-corrected chi connectivity index (χ4v) is 2.78. The van der Waals surface area contributed by atoms with Crippen LogP contribution in [0.2, 0.25) is 0 Å². The van der Waals surface area contributed by atoms with Crippen LogP contribution in [-0.2, 0) is 0 Å². The number of carbonyl (C=O) groups excluding carboxylic acids is 1. The van der Waals surface area contributed by atoms with Crippen molar-refractivity contribution in [1.29, 1.82) is 0 Å². The molecule has 1 aromatic heterocycles. The van der Waals surface area contributed by atoms with Gasteiger partial charge in [0.1, 0.15) is 0 Å². The van der Waals surface area contributed by atoms with Crippen LogP contribution >= 0.6 is 15.9 Å². The minimum Gasteiger partial charge on any atom is -0.348 e. The van der Waals surface area contributed by atoms with Crippen LogP contribution in [0.4, 0.5) is 0 Å². The summed E-state index contributed by atoms with van der Waals surface area (Å²) < 4.78 is 2.80. The molecule has 2 heterocycles. The zero-order valence-corrected chi connectivity index (χ0v) is 13.4. The molecule has 110 valence electrons. The molecule has 1 aliphatic rings. The van der Waals surface area contributed by atoms with Gasteiger partial charge in [0.05, 0.1) is 23.1 Å². The zero-order valence-electron chi connectivity index (χ0n) is 11.8. The largest absolute Gasteiger partial charge is 0.348 e. The lowest BCUT2D eigenvalue weighted by Gasteiger charge is -2.11. The van der Waals surface area contributed by atoms with E-state index in [0.29, 0.717) is 5.56 Å². The van der Waals surface area contributed by atoms with Gasteiger partial charge in [-0.15, -0.1) is 0 Å². The van der Waals surface area contributed by atoms with Gasteiger partial charge in [-0.25, -0.2) is 4.68 Å². The van der Waals surface area contributed by atoms with Gasteiger partial charge in [0.2, 0.25) is 0 Å². The second-order valence-electron chi connectivity index (χ2n) is 5.20. The molecule has 1 fully saturated rings. The summed E-state index contributed by atoms with van der Waals surface area (Å²) in [7, 11) is 0. The molecular weight excluding hydrogens is 332 g/mol. The van der Waals surface area contributed by atoms with Crippen LogP contribution in [0.3, 0.4) is 0 Å². The van der Waals surface area contributed by atoms with Crippen LogP contribution in [0.5, 0.6) is 0 Å². The van der Waals surface area contributed by atoms with Crippen LogP contribution < -0.4 is 10.6 Å². The van der Waals surface area contributed by atoms with E-state index in [2.05, 4.69) is 31.7 Å². The van der Waals surface area contributed by atoms with Crippen molar-refractivity contribution in [3.8, 4) is 5.69 Å². The smallest absolute Gasteiger partial charge is 0.255 e. The van der Waals surface area contributed by atoms with Crippen LogP contribution in [0, 0.1) is 6.92 Å². The summed E-state index contributed by atoms with van der Waals surface area (Å²) in [5.41, 5.74) is 2.42. The number of aromatic nitrogens is 2. The maximum Gasteiger partial charge on any atom is 0.255 e. The molecule has 3 rings (SSSR count). The number of benzene rings is 1. The molecule has 5 nitrogen and oxygen atoms in total. The molecule has 0 spiro atoms. The second-order valence-corrected chi connectivity index (χ2v) is 6.11. The molecule has 1 aliphatic heterocycles. The third-order valence-corrected chi connectivity index (χ3v) is 4.25. The average Bonchev–Trinajstić information content (AvgIpc) is 3.09. The molecule has 0 bridgehead atoms. The SMILES string of the molecule is Cc1c(C(=O)NC2CCNC2)cnn1-c1ccc(Br)cc1. The standard InChI is InChI=1S/C15H17BrN4O/c1-10-14(15(21)19-12-6-7-17-8-12)9-18-20(10)13-4-2-11(16)3-5-13/h2-5,9,12,17H,6-8H2,1H3,(H,19,21). The summed E-state index contributed by atoms with van der Waals surface area (Å²) in [4.78, 5) is 12.3. The van der Waals surface area contributed by atoms with E-state index in [-0.39, 0.29) is 11.9 Å². The van der Waals surface area contributed by atoms with Gasteiger partial charge >= 0.3 is 0 Å². The maximum absolute atomic E-state index is 12.3. The van der Waals surface area contributed by atoms with E-state index >= 15 is 0 Å². The van der Waals surface area contributed by atoms with E-state index in [1.165, 1.54) is 0 Å². The Bertz CT molecular complexity index is 644. The second kappa shape index (κ2) is 5.99. The minimum atomic E-state index is -0.0513. The quantitative estimate of drug-likeness (QED) is 0.892. The van der Waals surface area contributed by atoms with E-state index in [0.717, 1.165) is 35.4 Å². The molecule has 1 amide bonds. The summed E-state index contributed by atoms with van der Waals surface area (Å²) in [6, 6.07) is 8.06. The molecular formula is C15H17BrN4O. The summed E-state index contributed by atoms with van der Waals surface area (Å²) >= 11 is 3.41. The molecule has 0 radical (unpaired) electrons. The summed E-state index contributed by atoms with van der Waals surface area (Å²) in [5.74, 6) is -0.0513. The van der Waals surface area contributed by atoms with E-state index < -0.39 is 0 Å². The van der Waals surface area contributed by atoms with E-state index in [1.54, 1.807) is 10.9 Å². The van der Waals surface area contributed by atoms with Crippen molar-refractivity contribution in [1.82, 2.24) is 20.4 Å². The Kier molecular flexibility index (Phi) is 4.07. The Morgan fingerprint density at radius 3 is 2.86 bits per heavy atom. The Balaban J connectivity index is 1.81. The molecule has 2 N–H and O–H groups in total. The predicted octanol–water partition coefficient (Wildman–Crippen LogP) is 2.03. The Hall–Kier alpha value is -1.66. The Morgan fingerprint density at radius 1 is 1.43 bits per heavy atom. The minimum absolute atomic E-state index is 0.0513. The van der Waals surface area contributed by atoms with Gasteiger partial charge in [0.15, 0.2) is 0 Å². The fraction of sp³-hybridized carbons (Fsp3) is 0.333. The van der Waals surface area contributed by atoms with Crippen molar-refractivity contribution in [2.24, 2.45) is 0 Å².